The number of thioether (sulfide) groups is 1. The number of nitro benzene ring substituents is 1. The summed E-state index contributed by atoms with van der Waals surface area (Å²) in [7, 11) is 0. The molecule has 2 rings (SSSR count). The SMILES string of the molecule is CC(OC(=O)C(C)Sc1ccc([N+](=O)[O-])cc1)C(=O)N1CCOCC1. The fourth-order valence-electron chi connectivity index (χ4n) is 2.26. The van der Waals surface area contributed by atoms with Crippen molar-refractivity contribution in [2.45, 2.75) is 30.1 Å². The second-order valence-corrected chi connectivity index (χ2v) is 6.94. The highest BCUT2D eigenvalue weighted by Gasteiger charge is 2.27. The van der Waals surface area contributed by atoms with Crippen LogP contribution < -0.4 is 0 Å². The number of ether oxygens (including phenoxy) is 2. The lowest BCUT2D eigenvalue weighted by Crippen LogP contribution is -2.46. The molecule has 1 aromatic rings. The Morgan fingerprint density at radius 1 is 1.24 bits per heavy atom. The summed E-state index contributed by atoms with van der Waals surface area (Å²) in [6, 6.07) is 5.92. The van der Waals surface area contributed by atoms with Gasteiger partial charge < -0.3 is 14.4 Å². The van der Waals surface area contributed by atoms with E-state index in [0.29, 0.717) is 31.2 Å². The van der Waals surface area contributed by atoms with Gasteiger partial charge in [-0.25, -0.2) is 0 Å². The number of hydrogen-bond acceptors (Lipinski definition) is 7. The normalized spacial score (nSPS) is 16.8. The lowest BCUT2D eigenvalue weighted by Gasteiger charge is -2.29. The van der Waals surface area contributed by atoms with E-state index >= 15 is 0 Å². The van der Waals surface area contributed by atoms with E-state index in [1.165, 1.54) is 23.9 Å². The second kappa shape index (κ2) is 8.82. The van der Waals surface area contributed by atoms with Crippen LogP contribution in [0.15, 0.2) is 29.2 Å². The predicted molar refractivity (Wildman–Crippen MR) is 91.4 cm³/mol. The fourth-order valence-corrected chi connectivity index (χ4v) is 3.11. The molecule has 0 saturated carbocycles. The number of carbonyl (C=O) groups is 2. The monoisotopic (exact) mass is 368 g/mol. The molecule has 1 amide bonds. The molecule has 1 saturated heterocycles. The van der Waals surface area contributed by atoms with Crippen LogP contribution in [-0.2, 0) is 19.1 Å². The summed E-state index contributed by atoms with van der Waals surface area (Å²) in [5, 5.41) is 10.1. The molecule has 0 aliphatic carbocycles. The number of amides is 1. The zero-order valence-electron chi connectivity index (χ0n) is 14.0. The quantitative estimate of drug-likeness (QED) is 0.327. The van der Waals surface area contributed by atoms with Crippen molar-refractivity contribution in [1.82, 2.24) is 4.90 Å². The molecule has 0 spiro atoms. The summed E-state index contributed by atoms with van der Waals surface area (Å²) in [5.41, 5.74) is -0.00990. The molecule has 25 heavy (non-hydrogen) atoms. The Balaban J connectivity index is 1.86. The molecule has 8 nitrogen and oxygen atoms in total. The molecule has 2 atom stereocenters. The van der Waals surface area contributed by atoms with Gasteiger partial charge in [0.05, 0.1) is 18.1 Å². The van der Waals surface area contributed by atoms with Gasteiger partial charge in [0.15, 0.2) is 6.10 Å². The summed E-state index contributed by atoms with van der Waals surface area (Å²) < 4.78 is 10.5. The minimum absolute atomic E-state index is 0.00990. The van der Waals surface area contributed by atoms with Crippen molar-refractivity contribution in [2.24, 2.45) is 0 Å². The standard InChI is InChI=1S/C16H20N2O6S/c1-11(15(19)17-7-9-23-10-8-17)24-16(20)12(2)25-14-5-3-13(4-6-14)18(21)22/h3-6,11-12H,7-10H2,1-2H3. The fraction of sp³-hybridized carbons (Fsp3) is 0.500. The first-order valence-electron chi connectivity index (χ1n) is 7.86. The summed E-state index contributed by atoms with van der Waals surface area (Å²) in [6.45, 7) is 5.18. The average Bonchev–Trinajstić information content (AvgIpc) is 2.62. The molecule has 1 fully saturated rings. The number of nitro groups is 1. The maximum atomic E-state index is 12.2. The Morgan fingerprint density at radius 3 is 2.40 bits per heavy atom. The van der Waals surface area contributed by atoms with Crippen molar-refractivity contribution in [3.8, 4) is 0 Å². The molecule has 0 bridgehead atoms. The number of esters is 1. The molecule has 1 aliphatic heterocycles. The molecule has 0 aromatic heterocycles. The minimum atomic E-state index is -0.856. The Morgan fingerprint density at radius 2 is 1.84 bits per heavy atom. The number of nitrogens with zero attached hydrogens (tertiary/aromatic N) is 2. The average molecular weight is 368 g/mol. The Kier molecular flexibility index (Phi) is 6.77. The predicted octanol–water partition coefficient (Wildman–Crippen LogP) is 1.87. The van der Waals surface area contributed by atoms with Gasteiger partial charge in [0, 0.05) is 30.1 Å². The number of carbonyl (C=O) groups excluding carboxylic acids is 2. The molecule has 1 aromatic carbocycles. The summed E-state index contributed by atoms with van der Waals surface area (Å²) in [4.78, 5) is 36.9. The maximum Gasteiger partial charge on any atom is 0.319 e. The largest absolute Gasteiger partial charge is 0.452 e. The third-order valence-corrected chi connectivity index (χ3v) is 4.75. The molecule has 0 N–H and O–H groups in total. The van der Waals surface area contributed by atoms with Gasteiger partial charge in [-0.1, -0.05) is 0 Å². The highest BCUT2D eigenvalue weighted by molar-refractivity contribution is 8.00. The van der Waals surface area contributed by atoms with Gasteiger partial charge in [-0.15, -0.1) is 11.8 Å². The first-order chi connectivity index (χ1) is 11.9. The second-order valence-electron chi connectivity index (χ2n) is 5.53. The van der Waals surface area contributed by atoms with Crippen LogP contribution in [-0.4, -0.2) is 59.4 Å². The van der Waals surface area contributed by atoms with E-state index < -0.39 is 22.2 Å². The van der Waals surface area contributed by atoms with Gasteiger partial charge in [0.2, 0.25) is 0 Å². The Labute approximate surface area is 149 Å². The van der Waals surface area contributed by atoms with Gasteiger partial charge in [-0.3, -0.25) is 19.7 Å². The van der Waals surface area contributed by atoms with Crippen LogP contribution in [0.4, 0.5) is 5.69 Å². The number of non-ortho nitro benzene ring substituents is 1. The van der Waals surface area contributed by atoms with Crippen molar-refractivity contribution >= 4 is 29.3 Å². The number of morpholine rings is 1. The van der Waals surface area contributed by atoms with Gasteiger partial charge >= 0.3 is 5.97 Å². The summed E-state index contributed by atoms with van der Waals surface area (Å²) in [5.74, 6) is -0.735. The van der Waals surface area contributed by atoms with Crippen molar-refractivity contribution in [3.05, 3.63) is 34.4 Å². The van der Waals surface area contributed by atoms with Crippen molar-refractivity contribution in [1.29, 1.82) is 0 Å². The van der Waals surface area contributed by atoms with Gasteiger partial charge in [-0.05, 0) is 26.0 Å². The highest BCUT2D eigenvalue weighted by atomic mass is 32.2. The molecule has 9 heteroatoms. The molecule has 2 unspecified atom stereocenters. The van der Waals surface area contributed by atoms with Gasteiger partial charge in [-0.2, -0.15) is 0 Å². The van der Waals surface area contributed by atoms with Gasteiger partial charge in [0.1, 0.15) is 5.25 Å². The Hall–Kier alpha value is -2.13. The molecular weight excluding hydrogens is 348 g/mol. The van der Waals surface area contributed by atoms with Crippen LogP contribution >= 0.6 is 11.8 Å². The van der Waals surface area contributed by atoms with E-state index in [4.69, 9.17) is 9.47 Å². The van der Waals surface area contributed by atoms with Crippen molar-refractivity contribution in [2.75, 3.05) is 26.3 Å². The first kappa shape index (κ1) is 19.2. The first-order valence-corrected chi connectivity index (χ1v) is 8.74. The topological polar surface area (TPSA) is 99.0 Å². The lowest BCUT2D eigenvalue weighted by molar-refractivity contribution is -0.384. The number of hydrogen-bond donors (Lipinski definition) is 0. The van der Waals surface area contributed by atoms with E-state index in [1.54, 1.807) is 30.9 Å². The summed E-state index contributed by atoms with van der Waals surface area (Å²) >= 11 is 1.22. The third-order valence-electron chi connectivity index (χ3n) is 3.66. The number of benzene rings is 1. The molecular formula is C16H20N2O6S. The zero-order valence-corrected chi connectivity index (χ0v) is 14.9. The van der Waals surface area contributed by atoms with Gasteiger partial charge in [0.25, 0.3) is 11.6 Å². The third kappa shape index (κ3) is 5.43. The van der Waals surface area contributed by atoms with Crippen LogP contribution in [0.1, 0.15) is 13.8 Å². The van der Waals surface area contributed by atoms with E-state index in [1.807, 2.05) is 0 Å². The molecule has 1 heterocycles. The lowest BCUT2D eigenvalue weighted by atomic mass is 10.3. The van der Waals surface area contributed by atoms with Crippen LogP contribution in [0.5, 0.6) is 0 Å². The maximum absolute atomic E-state index is 12.2. The van der Waals surface area contributed by atoms with Crippen LogP contribution in [0.3, 0.4) is 0 Å². The highest BCUT2D eigenvalue weighted by Crippen LogP contribution is 2.26. The van der Waals surface area contributed by atoms with Crippen molar-refractivity contribution in [3.63, 3.8) is 0 Å². The van der Waals surface area contributed by atoms with Crippen molar-refractivity contribution < 1.29 is 24.0 Å². The number of rotatable bonds is 6. The van der Waals surface area contributed by atoms with E-state index in [9.17, 15) is 19.7 Å². The minimum Gasteiger partial charge on any atom is -0.452 e. The zero-order chi connectivity index (χ0) is 18.4. The van der Waals surface area contributed by atoms with Crippen LogP contribution in [0.25, 0.3) is 0 Å². The smallest absolute Gasteiger partial charge is 0.319 e. The van der Waals surface area contributed by atoms with E-state index in [0.717, 1.165) is 0 Å². The van der Waals surface area contributed by atoms with Crippen LogP contribution in [0.2, 0.25) is 0 Å². The molecule has 0 radical (unpaired) electrons. The molecule has 1 aliphatic rings. The van der Waals surface area contributed by atoms with Crippen LogP contribution in [0, 0.1) is 10.1 Å². The molecule has 136 valence electrons. The van der Waals surface area contributed by atoms with E-state index in [-0.39, 0.29) is 11.6 Å². The van der Waals surface area contributed by atoms with E-state index in [2.05, 4.69) is 0 Å². The Bertz CT molecular complexity index is 630. The summed E-state index contributed by atoms with van der Waals surface area (Å²) in [6.07, 6.45) is -0.856.